The Labute approximate surface area is 129 Å². The van der Waals surface area contributed by atoms with Crippen LogP contribution in [0.5, 0.6) is 0 Å². The van der Waals surface area contributed by atoms with Crippen LogP contribution in [0, 0.1) is 0 Å². The molecule has 3 rings (SSSR count). The number of H-pyrrole nitrogens is 1. The van der Waals surface area contributed by atoms with Gasteiger partial charge in [0.25, 0.3) is 0 Å². The van der Waals surface area contributed by atoms with Gasteiger partial charge in [0.1, 0.15) is 0 Å². The zero-order valence-electron chi connectivity index (χ0n) is 11.8. The van der Waals surface area contributed by atoms with E-state index in [-0.39, 0.29) is 0 Å². The zero-order valence-corrected chi connectivity index (χ0v) is 13.4. The molecule has 20 heavy (non-hydrogen) atoms. The number of thioether (sulfide) groups is 1. The van der Waals surface area contributed by atoms with Crippen LogP contribution in [0.2, 0.25) is 5.02 Å². The second-order valence-corrected chi connectivity index (χ2v) is 7.37. The molecule has 0 bridgehead atoms. The van der Waals surface area contributed by atoms with Gasteiger partial charge in [0.05, 0.1) is 0 Å². The lowest BCUT2D eigenvalue weighted by Crippen LogP contribution is -2.33. The summed E-state index contributed by atoms with van der Waals surface area (Å²) in [6.07, 6.45) is 6.13. The molecule has 1 saturated carbocycles. The van der Waals surface area contributed by atoms with E-state index in [1.165, 1.54) is 36.0 Å². The first-order chi connectivity index (χ1) is 9.78. The average molecular weight is 309 g/mol. The summed E-state index contributed by atoms with van der Waals surface area (Å²) in [5, 5.41) is 6.61. The fourth-order valence-electron chi connectivity index (χ4n) is 3.12. The molecule has 108 valence electrons. The average Bonchev–Trinajstić information content (AvgIpc) is 3.03. The second kappa shape index (κ2) is 6.42. The summed E-state index contributed by atoms with van der Waals surface area (Å²) >= 11 is 8.13. The van der Waals surface area contributed by atoms with Crippen molar-refractivity contribution in [1.82, 2.24) is 10.3 Å². The van der Waals surface area contributed by atoms with Crippen molar-refractivity contribution in [3.63, 3.8) is 0 Å². The van der Waals surface area contributed by atoms with Crippen LogP contribution < -0.4 is 5.32 Å². The van der Waals surface area contributed by atoms with Gasteiger partial charge in [-0.15, -0.1) is 0 Å². The Balaban J connectivity index is 1.68. The van der Waals surface area contributed by atoms with Gasteiger partial charge in [0.2, 0.25) is 0 Å². The molecule has 1 aromatic heterocycles. The third kappa shape index (κ3) is 3.00. The Morgan fingerprint density at radius 1 is 1.40 bits per heavy atom. The summed E-state index contributed by atoms with van der Waals surface area (Å²) in [7, 11) is 0. The molecule has 1 heterocycles. The summed E-state index contributed by atoms with van der Waals surface area (Å²) in [5.41, 5.74) is 2.46. The second-order valence-electron chi connectivity index (χ2n) is 5.42. The largest absolute Gasteiger partial charge is 0.361 e. The maximum atomic E-state index is 6.02. The first-order valence-corrected chi connectivity index (χ1v) is 8.81. The molecule has 2 aromatic rings. The van der Waals surface area contributed by atoms with Gasteiger partial charge in [-0.1, -0.05) is 31.0 Å². The van der Waals surface area contributed by atoms with Crippen LogP contribution in [0.1, 0.15) is 31.7 Å². The fourth-order valence-corrected chi connectivity index (χ4v) is 4.52. The quantitative estimate of drug-likeness (QED) is 0.846. The Hall–Kier alpha value is -0.640. The number of aromatic nitrogens is 1. The highest BCUT2D eigenvalue weighted by Gasteiger charge is 2.26. The molecule has 0 aliphatic heterocycles. The SMILES string of the molecule is CCSC1CCCC1NCc1c[nH]c2cc(Cl)ccc12. The molecular weight excluding hydrogens is 288 g/mol. The number of hydrogen-bond donors (Lipinski definition) is 2. The molecule has 2 unspecified atom stereocenters. The minimum Gasteiger partial charge on any atom is -0.361 e. The maximum absolute atomic E-state index is 6.02. The van der Waals surface area contributed by atoms with Crippen molar-refractivity contribution in [2.45, 2.75) is 44.0 Å². The zero-order chi connectivity index (χ0) is 13.9. The summed E-state index contributed by atoms with van der Waals surface area (Å²) in [6.45, 7) is 3.19. The van der Waals surface area contributed by atoms with Gasteiger partial charge in [-0.25, -0.2) is 0 Å². The smallest absolute Gasteiger partial charge is 0.0472 e. The van der Waals surface area contributed by atoms with Gasteiger partial charge >= 0.3 is 0 Å². The van der Waals surface area contributed by atoms with E-state index < -0.39 is 0 Å². The number of fused-ring (bicyclic) bond motifs is 1. The molecule has 1 aliphatic rings. The summed E-state index contributed by atoms with van der Waals surface area (Å²) in [6, 6.07) is 6.73. The van der Waals surface area contributed by atoms with Gasteiger partial charge in [0.15, 0.2) is 0 Å². The van der Waals surface area contributed by atoms with Crippen molar-refractivity contribution in [2.24, 2.45) is 0 Å². The Kier molecular flexibility index (Phi) is 4.59. The summed E-state index contributed by atoms with van der Waals surface area (Å²) < 4.78 is 0. The number of aromatic amines is 1. The van der Waals surface area contributed by atoms with Crippen LogP contribution >= 0.6 is 23.4 Å². The van der Waals surface area contributed by atoms with Gasteiger partial charge < -0.3 is 10.3 Å². The molecule has 2 nitrogen and oxygen atoms in total. The lowest BCUT2D eigenvalue weighted by atomic mass is 10.1. The molecule has 2 N–H and O–H groups in total. The third-order valence-electron chi connectivity index (χ3n) is 4.12. The highest BCUT2D eigenvalue weighted by atomic mass is 35.5. The van der Waals surface area contributed by atoms with E-state index >= 15 is 0 Å². The van der Waals surface area contributed by atoms with Crippen molar-refractivity contribution in [3.8, 4) is 0 Å². The lowest BCUT2D eigenvalue weighted by molar-refractivity contribution is 0.533. The fraction of sp³-hybridized carbons (Fsp3) is 0.500. The molecule has 1 fully saturated rings. The molecule has 1 aliphatic carbocycles. The summed E-state index contributed by atoms with van der Waals surface area (Å²) in [4.78, 5) is 3.31. The van der Waals surface area contributed by atoms with Crippen LogP contribution in [0.25, 0.3) is 10.9 Å². The van der Waals surface area contributed by atoms with Gasteiger partial charge in [0, 0.05) is 40.0 Å². The molecular formula is C16H21ClN2S. The van der Waals surface area contributed by atoms with Crippen LogP contribution in [-0.2, 0) is 6.54 Å². The van der Waals surface area contributed by atoms with Gasteiger partial charge in [-0.05, 0) is 36.3 Å². The molecule has 1 aromatic carbocycles. The van der Waals surface area contributed by atoms with E-state index in [9.17, 15) is 0 Å². The van der Waals surface area contributed by atoms with E-state index in [4.69, 9.17) is 11.6 Å². The molecule has 4 heteroatoms. The molecule has 2 atom stereocenters. The minimum absolute atomic E-state index is 0.664. The predicted molar refractivity (Wildman–Crippen MR) is 89.7 cm³/mol. The highest BCUT2D eigenvalue weighted by molar-refractivity contribution is 7.99. The van der Waals surface area contributed by atoms with Gasteiger partial charge in [-0.3, -0.25) is 0 Å². The minimum atomic E-state index is 0.664. The first-order valence-electron chi connectivity index (χ1n) is 7.38. The van der Waals surface area contributed by atoms with Crippen LogP contribution in [-0.4, -0.2) is 22.0 Å². The molecule has 0 radical (unpaired) electrons. The third-order valence-corrected chi connectivity index (χ3v) is 5.68. The Bertz CT molecular complexity index is 581. The monoisotopic (exact) mass is 308 g/mol. The van der Waals surface area contributed by atoms with E-state index in [1.807, 2.05) is 12.1 Å². The van der Waals surface area contributed by atoms with E-state index in [0.29, 0.717) is 6.04 Å². The number of nitrogens with one attached hydrogen (secondary N) is 2. The molecule has 0 saturated heterocycles. The number of halogens is 1. The topological polar surface area (TPSA) is 27.8 Å². The van der Waals surface area contributed by atoms with Crippen molar-refractivity contribution < 1.29 is 0 Å². The molecule has 0 amide bonds. The van der Waals surface area contributed by atoms with Crippen LogP contribution in [0.3, 0.4) is 0 Å². The van der Waals surface area contributed by atoms with Crippen molar-refractivity contribution in [3.05, 3.63) is 35.0 Å². The predicted octanol–water partition coefficient (Wildman–Crippen LogP) is 4.59. The lowest BCUT2D eigenvalue weighted by Gasteiger charge is -2.20. The van der Waals surface area contributed by atoms with Crippen molar-refractivity contribution in [2.75, 3.05) is 5.75 Å². The van der Waals surface area contributed by atoms with Crippen molar-refractivity contribution in [1.29, 1.82) is 0 Å². The highest BCUT2D eigenvalue weighted by Crippen LogP contribution is 2.30. The Morgan fingerprint density at radius 2 is 2.30 bits per heavy atom. The number of benzene rings is 1. The first kappa shape index (κ1) is 14.3. The number of rotatable bonds is 5. The maximum Gasteiger partial charge on any atom is 0.0472 e. The van der Waals surface area contributed by atoms with E-state index in [0.717, 1.165) is 22.3 Å². The van der Waals surface area contributed by atoms with Gasteiger partial charge in [-0.2, -0.15) is 11.8 Å². The normalized spacial score (nSPS) is 22.7. The van der Waals surface area contributed by atoms with E-state index in [1.54, 1.807) is 0 Å². The standard InChI is InChI=1S/C16H21ClN2S/c1-2-20-16-5-3-4-14(16)18-9-11-10-19-15-8-12(17)6-7-13(11)15/h6-8,10,14,16,18-19H,2-5,9H2,1H3. The van der Waals surface area contributed by atoms with Crippen molar-refractivity contribution >= 4 is 34.3 Å². The Morgan fingerprint density at radius 3 is 3.15 bits per heavy atom. The molecule has 0 spiro atoms. The number of hydrogen-bond acceptors (Lipinski definition) is 2. The van der Waals surface area contributed by atoms with E-state index in [2.05, 4.69) is 41.2 Å². The van der Waals surface area contributed by atoms with Crippen LogP contribution in [0.15, 0.2) is 24.4 Å². The van der Waals surface area contributed by atoms with Crippen LogP contribution in [0.4, 0.5) is 0 Å². The summed E-state index contributed by atoms with van der Waals surface area (Å²) in [5.74, 6) is 1.22.